The summed E-state index contributed by atoms with van der Waals surface area (Å²) in [6.45, 7) is 0.967. The van der Waals surface area contributed by atoms with E-state index in [1.807, 2.05) is 24.3 Å². The number of amides is 1. The molecule has 1 aliphatic rings. The van der Waals surface area contributed by atoms with Crippen LogP contribution in [0.3, 0.4) is 0 Å². The summed E-state index contributed by atoms with van der Waals surface area (Å²) in [7, 11) is 0. The van der Waals surface area contributed by atoms with Crippen LogP contribution < -0.4 is 0 Å². The molecule has 1 heterocycles. The van der Waals surface area contributed by atoms with Gasteiger partial charge in [-0.25, -0.2) is 0 Å². The van der Waals surface area contributed by atoms with Crippen LogP contribution in [0.2, 0.25) is 0 Å². The lowest BCUT2D eigenvalue weighted by Gasteiger charge is -2.17. The molecule has 3 aromatic rings. The molecule has 1 amide bonds. The number of hydrogen-bond donors (Lipinski definition) is 3. The lowest BCUT2D eigenvalue weighted by atomic mass is 10.1. The molecule has 3 aromatic carbocycles. The molecule has 6 heteroatoms. The molecule has 0 radical (unpaired) electrons. The Morgan fingerprint density at radius 3 is 2.07 bits per heavy atom. The first-order valence-corrected chi connectivity index (χ1v) is 9.22. The average Bonchev–Trinajstić information content (AvgIpc) is 3.09. The molecule has 0 saturated carbocycles. The summed E-state index contributed by atoms with van der Waals surface area (Å²) < 4.78 is 0. The first-order valence-electron chi connectivity index (χ1n) is 8.41. The van der Waals surface area contributed by atoms with Crippen molar-refractivity contribution in [2.24, 2.45) is 0 Å². The number of fused-ring (bicyclic) bond motifs is 1. The number of carbonyl (C=O) groups is 1. The van der Waals surface area contributed by atoms with Crippen LogP contribution in [0.4, 0.5) is 0 Å². The third-order valence-corrected chi connectivity index (χ3v) is 5.63. The predicted molar refractivity (Wildman–Crippen MR) is 102 cm³/mol. The van der Waals surface area contributed by atoms with Crippen LogP contribution in [0, 0.1) is 0 Å². The first-order chi connectivity index (χ1) is 13.0. The van der Waals surface area contributed by atoms with E-state index in [9.17, 15) is 20.1 Å². The van der Waals surface area contributed by atoms with Crippen molar-refractivity contribution < 1.29 is 20.1 Å². The van der Waals surface area contributed by atoms with Gasteiger partial charge in [0.05, 0.1) is 15.4 Å². The van der Waals surface area contributed by atoms with Crippen molar-refractivity contribution in [3.05, 3.63) is 77.4 Å². The molecule has 0 fully saturated rings. The van der Waals surface area contributed by atoms with Crippen LogP contribution in [0.1, 0.15) is 21.5 Å². The maximum absolute atomic E-state index is 12.9. The normalized spacial score (nSPS) is 12.8. The number of benzene rings is 3. The fourth-order valence-electron chi connectivity index (χ4n) is 3.12. The third-order valence-electron chi connectivity index (χ3n) is 4.52. The van der Waals surface area contributed by atoms with Crippen molar-refractivity contribution in [2.45, 2.75) is 22.9 Å². The zero-order valence-corrected chi connectivity index (χ0v) is 15.1. The molecule has 0 aliphatic carbocycles. The number of para-hydroxylation sites is 1. The molecule has 4 rings (SSSR count). The van der Waals surface area contributed by atoms with Crippen molar-refractivity contribution in [1.82, 2.24) is 4.90 Å². The maximum atomic E-state index is 12.9. The van der Waals surface area contributed by atoms with Gasteiger partial charge in [-0.05, 0) is 29.3 Å². The quantitative estimate of drug-likeness (QED) is 0.638. The SMILES string of the molecule is O=C(c1cc(Sc2ccccc2O)c(O)cc1O)N1Cc2ccccc2C1. The third kappa shape index (κ3) is 3.31. The lowest BCUT2D eigenvalue weighted by Crippen LogP contribution is -2.25. The second-order valence-corrected chi connectivity index (χ2v) is 7.42. The van der Waals surface area contributed by atoms with E-state index in [2.05, 4.69) is 0 Å². The van der Waals surface area contributed by atoms with Crippen molar-refractivity contribution in [1.29, 1.82) is 0 Å². The van der Waals surface area contributed by atoms with Gasteiger partial charge in [0, 0.05) is 19.2 Å². The van der Waals surface area contributed by atoms with Gasteiger partial charge in [0.1, 0.15) is 17.2 Å². The molecule has 0 saturated heterocycles. The van der Waals surface area contributed by atoms with Crippen LogP contribution in [-0.4, -0.2) is 26.1 Å². The van der Waals surface area contributed by atoms with Gasteiger partial charge in [-0.15, -0.1) is 0 Å². The Bertz CT molecular complexity index is 1010. The number of rotatable bonds is 3. The second-order valence-electron chi connectivity index (χ2n) is 6.34. The van der Waals surface area contributed by atoms with Gasteiger partial charge in [-0.1, -0.05) is 48.2 Å². The Morgan fingerprint density at radius 1 is 0.778 bits per heavy atom. The molecule has 1 aliphatic heterocycles. The van der Waals surface area contributed by atoms with Crippen LogP contribution in [0.25, 0.3) is 0 Å². The van der Waals surface area contributed by atoms with Gasteiger partial charge in [-0.2, -0.15) is 0 Å². The molecule has 136 valence electrons. The van der Waals surface area contributed by atoms with Crippen LogP contribution >= 0.6 is 11.8 Å². The summed E-state index contributed by atoms with van der Waals surface area (Å²) in [4.78, 5) is 15.5. The molecule has 0 spiro atoms. The van der Waals surface area contributed by atoms with Crippen LogP contribution in [-0.2, 0) is 13.1 Å². The van der Waals surface area contributed by atoms with Gasteiger partial charge in [0.15, 0.2) is 0 Å². The first kappa shape index (κ1) is 17.3. The maximum Gasteiger partial charge on any atom is 0.258 e. The molecular weight excluding hydrogens is 362 g/mol. The largest absolute Gasteiger partial charge is 0.507 e. The second kappa shape index (κ2) is 6.89. The fraction of sp³-hybridized carbons (Fsp3) is 0.0952. The summed E-state index contributed by atoms with van der Waals surface area (Å²) in [5.41, 5.74) is 2.30. The molecule has 3 N–H and O–H groups in total. The Hall–Kier alpha value is -3.12. The Morgan fingerprint density at radius 2 is 1.41 bits per heavy atom. The minimum Gasteiger partial charge on any atom is -0.507 e. The van der Waals surface area contributed by atoms with Gasteiger partial charge in [0.2, 0.25) is 0 Å². The summed E-state index contributed by atoms with van der Waals surface area (Å²) in [6.07, 6.45) is 0. The molecule has 0 unspecified atom stereocenters. The molecular formula is C21H17NO4S. The Balaban J connectivity index is 1.63. The summed E-state index contributed by atoms with van der Waals surface area (Å²) >= 11 is 1.13. The number of carbonyl (C=O) groups excluding carboxylic acids is 1. The topological polar surface area (TPSA) is 81.0 Å². The Labute approximate surface area is 160 Å². The van der Waals surface area contributed by atoms with Gasteiger partial charge in [0.25, 0.3) is 5.91 Å². The van der Waals surface area contributed by atoms with Gasteiger partial charge >= 0.3 is 0 Å². The highest BCUT2D eigenvalue weighted by Gasteiger charge is 2.26. The van der Waals surface area contributed by atoms with Crippen molar-refractivity contribution in [3.8, 4) is 17.2 Å². The molecule has 27 heavy (non-hydrogen) atoms. The highest BCUT2D eigenvalue weighted by atomic mass is 32.2. The minimum absolute atomic E-state index is 0.0813. The van der Waals surface area contributed by atoms with Crippen LogP contribution in [0.5, 0.6) is 17.2 Å². The van der Waals surface area contributed by atoms with E-state index in [1.165, 1.54) is 12.1 Å². The summed E-state index contributed by atoms with van der Waals surface area (Å²) in [6, 6.07) is 17.2. The van der Waals surface area contributed by atoms with Crippen LogP contribution in [0.15, 0.2) is 70.5 Å². The molecule has 0 atom stereocenters. The van der Waals surface area contributed by atoms with Crippen molar-refractivity contribution in [3.63, 3.8) is 0 Å². The highest BCUT2D eigenvalue weighted by Crippen LogP contribution is 2.41. The number of phenols is 3. The van der Waals surface area contributed by atoms with Crippen molar-refractivity contribution in [2.75, 3.05) is 0 Å². The smallest absolute Gasteiger partial charge is 0.258 e. The minimum atomic E-state index is -0.303. The number of hydrogen-bond acceptors (Lipinski definition) is 5. The summed E-state index contributed by atoms with van der Waals surface area (Å²) in [5.74, 6) is -0.641. The van der Waals surface area contributed by atoms with E-state index < -0.39 is 0 Å². The predicted octanol–water partition coefficient (Wildman–Crippen LogP) is 4.11. The molecule has 0 aromatic heterocycles. The van der Waals surface area contributed by atoms with E-state index in [-0.39, 0.29) is 28.7 Å². The lowest BCUT2D eigenvalue weighted by molar-refractivity contribution is 0.0748. The molecule has 0 bridgehead atoms. The molecule has 5 nitrogen and oxygen atoms in total. The van der Waals surface area contributed by atoms with Gasteiger partial charge in [-0.3, -0.25) is 4.79 Å². The average molecular weight is 379 g/mol. The number of phenolic OH excluding ortho intramolecular Hbond substituents is 3. The highest BCUT2D eigenvalue weighted by molar-refractivity contribution is 7.99. The standard InChI is InChI=1S/C21H17NO4S/c23-16-7-3-4-8-19(16)27-20-9-15(17(24)10-18(20)25)21(26)22-11-13-5-1-2-6-14(13)12-22/h1-10,23-25H,11-12H2. The van der Waals surface area contributed by atoms with E-state index in [0.29, 0.717) is 22.9 Å². The Kier molecular flexibility index (Phi) is 4.41. The summed E-state index contributed by atoms with van der Waals surface area (Å²) in [5, 5.41) is 30.3. The zero-order chi connectivity index (χ0) is 19.0. The van der Waals surface area contributed by atoms with E-state index >= 15 is 0 Å². The zero-order valence-electron chi connectivity index (χ0n) is 14.3. The van der Waals surface area contributed by atoms with Gasteiger partial charge < -0.3 is 20.2 Å². The van der Waals surface area contributed by atoms with E-state index in [4.69, 9.17) is 0 Å². The monoisotopic (exact) mass is 379 g/mol. The number of nitrogens with zero attached hydrogens (tertiary/aromatic N) is 1. The van der Waals surface area contributed by atoms with E-state index in [0.717, 1.165) is 22.9 Å². The van der Waals surface area contributed by atoms with Crippen molar-refractivity contribution >= 4 is 17.7 Å². The van der Waals surface area contributed by atoms with E-state index in [1.54, 1.807) is 29.2 Å². The fourth-order valence-corrected chi connectivity index (χ4v) is 4.02. The number of aromatic hydroxyl groups is 3.